The molecule has 0 aliphatic heterocycles. The van der Waals surface area contributed by atoms with Crippen LogP contribution in [0.1, 0.15) is 107 Å². The highest BCUT2D eigenvalue weighted by molar-refractivity contribution is 7.91. The van der Waals surface area contributed by atoms with Gasteiger partial charge in [0.15, 0.2) is 9.84 Å². The first-order valence-corrected chi connectivity index (χ1v) is 19.2. The zero-order valence-corrected chi connectivity index (χ0v) is 27.7. The van der Waals surface area contributed by atoms with E-state index in [1.54, 1.807) is 11.6 Å². The fourth-order valence-corrected chi connectivity index (χ4v) is 8.48. The highest BCUT2D eigenvalue weighted by atomic mass is 32.2. The van der Waals surface area contributed by atoms with Gasteiger partial charge in [0.1, 0.15) is 0 Å². The van der Waals surface area contributed by atoms with E-state index < -0.39 is 31.4 Å². The number of hydrogen-bond acceptors (Lipinski definition) is 7. The largest absolute Gasteiger partial charge is 0.478 e. The van der Waals surface area contributed by atoms with E-state index in [0.29, 0.717) is 11.2 Å². The molecule has 0 spiro atoms. The molecule has 0 atom stereocenters. The number of aromatic nitrogens is 1. The van der Waals surface area contributed by atoms with Gasteiger partial charge in [0.25, 0.3) is 10.0 Å². The number of benzene rings is 2. The van der Waals surface area contributed by atoms with E-state index in [4.69, 9.17) is 0 Å². The second-order valence-electron chi connectivity index (χ2n) is 11.0. The van der Waals surface area contributed by atoms with Crippen LogP contribution in [0.25, 0.3) is 10.2 Å². The molecule has 0 bridgehead atoms. The van der Waals surface area contributed by atoms with Crippen LogP contribution in [0.2, 0.25) is 0 Å². The molecule has 3 rings (SSSR count). The van der Waals surface area contributed by atoms with Crippen LogP contribution in [0.5, 0.6) is 0 Å². The summed E-state index contributed by atoms with van der Waals surface area (Å²) < 4.78 is 54.6. The van der Waals surface area contributed by atoms with Gasteiger partial charge >= 0.3 is 5.97 Å². The van der Waals surface area contributed by atoms with Crippen molar-refractivity contribution in [3.05, 3.63) is 52.8 Å². The molecule has 2 aromatic carbocycles. The lowest BCUT2D eigenvalue weighted by molar-refractivity contribution is 0.0692. The average Bonchev–Trinajstić information content (AvgIpc) is 3.31. The highest BCUT2D eigenvalue weighted by Crippen LogP contribution is 2.23. The summed E-state index contributed by atoms with van der Waals surface area (Å²) in [6.45, 7) is 2.23. The van der Waals surface area contributed by atoms with Crippen LogP contribution in [-0.4, -0.2) is 38.2 Å². The maximum atomic E-state index is 13.0. The minimum Gasteiger partial charge on any atom is -0.478 e. The van der Waals surface area contributed by atoms with Gasteiger partial charge in [-0.15, -0.1) is 5.10 Å². The second kappa shape index (κ2) is 17.0. The third-order valence-electron chi connectivity index (χ3n) is 7.57. The predicted molar refractivity (Wildman–Crippen MR) is 172 cm³/mol. The maximum Gasteiger partial charge on any atom is 0.337 e. The molecule has 0 aliphatic carbocycles. The lowest BCUT2D eigenvalue weighted by Gasteiger charge is -2.10. The normalized spacial score (nSPS) is 12.7. The molecule has 1 heterocycles. The Hall–Kier alpha value is -2.70. The smallest absolute Gasteiger partial charge is 0.337 e. The van der Waals surface area contributed by atoms with E-state index >= 15 is 0 Å². The number of aromatic carboxylic acids is 1. The molecule has 0 saturated carbocycles. The van der Waals surface area contributed by atoms with Crippen LogP contribution in [0.3, 0.4) is 0 Å². The van der Waals surface area contributed by atoms with Gasteiger partial charge in [-0.2, -0.15) is 13.2 Å². The zero-order chi connectivity index (χ0) is 31.3. The summed E-state index contributed by atoms with van der Waals surface area (Å²) in [7, 11) is -6.41. The van der Waals surface area contributed by atoms with Crippen LogP contribution < -0.4 is 9.63 Å². The lowest BCUT2D eigenvalue weighted by atomic mass is 10.0. The Morgan fingerprint density at radius 3 is 1.95 bits per heavy atom. The predicted octanol–water partition coefficient (Wildman–Crippen LogP) is 6.99. The molecule has 43 heavy (non-hydrogen) atoms. The molecule has 2 N–H and O–H groups in total. The van der Waals surface area contributed by atoms with Crippen LogP contribution >= 0.6 is 11.3 Å². The number of carboxylic acids is 1. The first-order chi connectivity index (χ1) is 20.6. The minimum atomic E-state index is -4.26. The van der Waals surface area contributed by atoms with Crippen molar-refractivity contribution in [2.45, 2.75) is 107 Å². The van der Waals surface area contributed by atoms with E-state index in [9.17, 15) is 26.7 Å². The quantitative estimate of drug-likeness (QED) is 0.0999. The summed E-state index contributed by atoms with van der Waals surface area (Å²) in [6.07, 6.45) is 16.0. The summed E-state index contributed by atoms with van der Waals surface area (Å²) in [5, 5.41) is 13.8. The number of unbranched alkanes of at least 4 members (excludes halogenated alkanes) is 13. The van der Waals surface area contributed by atoms with Crippen molar-refractivity contribution in [1.29, 1.82) is 0 Å². The van der Waals surface area contributed by atoms with E-state index in [1.807, 2.05) is 24.3 Å². The molecule has 0 saturated heterocycles. The number of nitrogens with one attached hydrogen (secondary N) is 1. The van der Waals surface area contributed by atoms with Gasteiger partial charge in [-0.25, -0.2) is 13.2 Å². The van der Waals surface area contributed by atoms with Gasteiger partial charge < -0.3 is 9.67 Å². The number of carboxylic acid groups (broad SMARTS) is 1. The van der Waals surface area contributed by atoms with Gasteiger partial charge in [-0.3, -0.25) is 0 Å². The number of para-hydroxylation sites is 1. The molecule has 0 radical (unpaired) electrons. The van der Waals surface area contributed by atoms with Crippen molar-refractivity contribution in [2.24, 2.45) is 12.1 Å². The zero-order valence-electron chi connectivity index (χ0n) is 25.3. The van der Waals surface area contributed by atoms with Gasteiger partial charge in [0.05, 0.1) is 31.3 Å². The SMILES string of the molecule is CCCCCCCCCCCCCCCCS(=O)(=O)c1ccc(S(=O)(=O)N/N=c2/sc3ccccc3n2C)cc1C(=O)O. The molecule has 238 valence electrons. The van der Waals surface area contributed by atoms with E-state index in [2.05, 4.69) is 16.9 Å². The topological polar surface area (TPSA) is 135 Å². The van der Waals surface area contributed by atoms with Crippen molar-refractivity contribution < 1.29 is 26.7 Å². The van der Waals surface area contributed by atoms with Crippen molar-refractivity contribution >= 4 is 47.4 Å². The third kappa shape index (κ3) is 10.5. The van der Waals surface area contributed by atoms with Crippen molar-refractivity contribution in [3.63, 3.8) is 0 Å². The summed E-state index contributed by atoms with van der Waals surface area (Å²) in [4.78, 5) is 13.8. The first-order valence-electron chi connectivity index (χ1n) is 15.3. The number of thiazole rings is 1. The lowest BCUT2D eigenvalue weighted by Crippen LogP contribution is -2.24. The number of aryl methyl sites for hydroxylation is 1. The number of nitrogens with zero attached hydrogens (tertiary/aromatic N) is 2. The van der Waals surface area contributed by atoms with Crippen LogP contribution in [0.4, 0.5) is 0 Å². The number of fused-ring (bicyclic) bond motifs is 1. The Morgan fingerprint density at radius 1 is 0.837 bits per heavy atom. The molecule has 0 fully saturated rings. The number of hydrogen-bond donors (Lipinski definition) is 2. The van der Waals surface area contributed by atoms with Gasteiger partial charge in [-0.1, -0.05) is 114 Å². The van der Waals surface area contributed by atoms with E-state index in [0.717, 1.165) is 54.1 Å². The Bertz CT molecular complexity index is 1630. The Balaban J connectivity index is 1.51. The van der Waals surface area contributed by atoms with Crippen molar-refractivity contribution in [3.8, 4) is 0 Å². The molecule has 0 aliphatic rings. The third-order valence-corrected chi connectivity index (χ3v) is 11.7. The van der Waals surface area contributed by atoms with Crippen molar-refractivity contribution in [2.75, 3.05) is 5.75 Å². The highest BCUT2D eigenvalue weighted by Gasteiger charge is 2.25. The maximum absolute atomic E-state index is 13.0. The number of rotatable bonds is 20. The first kappa shape index (κ1) is 34.8. The average molecular weight is 652 g/mol. The number of carbonyl (C=O) groups is 1. The van der Waals surface area contributed by atoms with E-state index in [-0.39, 0.29) is 15.5 Å². The molecule has 9 nitrogen and oxygen atoms in total. The summed E-state index contributed by atoms with van der Waals surface area (Å²) in [6, 6.07) is 10.6. The number of sulfonamides is 1. The standard InChI is InChI=1S/C31H45N3O6S3/c1-3-4-5-6-7-8-9-10-11-12-13-14-15-18-23-42(37,38)29-22-21-25(24-26(29)30(35)36)43(39,40)33-32-31-34(2)27-19-16-17-20-28(27)41-31/h16-17,19-22,24,33H,3-15,18,23H2,1-2H3,(H,35,36)/b32-31+. The van der Waals surface area contributed by atoms with Crippen LogP contribution in [-0.2, 0) is 26.9 Å². The Morgan fingerprint density at radius 2 is 1.40 bits per heavy atom. The summed E-state index contributed by atoms with van der Waals surface area (Å²) in [5.41, 5.74) is 0.313. The number of sulfone groups is 1. The van der Waals surface area contributed by atoms with E-state index in [1.165, 1.54) is 69.1 Å². The van der Waals surface area contributed by atoms with Gasteiger partial charge in [0.2, 0.25) is 4.80 Å². The monoisotopic (exact) mass is 651 g/mol. The molecule has 12 heteroatoms. The molecule has 0 amide bonds. The molecular weight excluding hydrogens is 607 g/mol. The minimum absolute atomic E-state index is 0.187. The molecule has 3 aromatic rings. The fourth-order valence-electron chi connectivity index (χ4n) is 5.05. The fraction of sp³-hybridized carbons (Fsp3) is 0.548. The molecule has 0 unspecified atom stereocenters. The van der Waals surface area contributed by atoms with Gasteiger partial charge in [-0.05, 0) is 36.8 Å². The second-order valence-corrected chi connectivity index (χ2v) is 15.7. The van der Waals surface area contributed by atoms with Crippen LogP contribution in [0, 0.1) is 0 Å². The Kier molecular flexibility index (Phi) is 13.7. The van der Waals surface area contributed by atoms with Crippen LogP contribution in [0.15, 0.2) is 57.4 Å². The van der Waals surface area contributed by atoms with Gasteiger partial charge in [0, 0.05) is 7.05 Å². The Labute approximate surface area is 260 Å². The van der Waals surface area contributed by atoms with Crippen molar-refractivity contribution in [1.82, 2.24) is 9.40 Å². The molecular formula is C31H45N3O6S3. The summed E-state index contributed by atoms with van der Waals surface area (Å²) in [5.74, 6) is -1.70. The summed E-state index contributed by atoms with van der Waals surface area (Å²) >= 11 is 1.29. The molecule has 1 aromatic heterocycles.